The van der Waals surface area contributed by atoms with E-state index in [2.05, 4.69) is 20.2 Å². The molecule has 7 nitrogen and oxygen atoms in total. The molecule has 1 aromatic carbocycles. The number of hydrogen-bond acceptors (Lipinski definition) is 5. The van der Waals surface area contributed by atoms with E-state index in [-0.39, 0.29) is 17.6 Å². The lowest BCUT2D eigenvalue weighted by Gasteiger charge is -2.12. The van der Waals surface area contributed by atoms with Gasteiger partial charge in [-0.25, -0.2) is 22.2 Å². The molecule has 1 fully saturated rings. The van der Waals surface area contributed by atoms with E-state index in [0.717, 1.165) is 35.5 Å². The molecule has 0 radical (unpaired) electrons. The van der Waals surface area contributed by atoms with Gasteiger partial charge in [-0.3, -0.25) is 4.40 Å². The number of nitrogens with zero attached hydrogens (tertiary/aromatic N) is 4. The van der Waals surface area contributed by atoms with Gasteiger partial charge in [-0.15, -0.1) is 10.2 Å². The lowest BCUT2D eigenvalue weighted by atomic mass is 10.1. The Morgan fingerprint density at radius 2 is 2.03 bits per heavy atom. The molecule has 2 atom stereocenters. The van der Waals surface area contributed by atoms with E-state index < -0.39 is 26.4 Å². The van der Waals surface area contributed by atoms with Gasteiger partial charge in [0, 0.05) is 18.2 Å². The smallest absolute Gasteiger partial charge is 0.181 e. The number of sulfone groups is 1. The molecule has 4 aromatic rings. The first kappa shape index (κ1) is 18.2. The molecular weight excluding hydrogens is 400 g/mol. The largest absolute Gasteiger partial charge is 0.345 e. The Morgan fingerprint density at radius 3 is 2.86 bits per heavy atom. The number of benzene rings is 1. The predicted molar refractivity (Wildman–Crippen MR) is 101 cm³/mol. The molecule has 0 bridgehead atoms. The predicted octanol–water partition coefficient (Wildman–Crippen LogP) is 3.24. The normalized spacial score (nSPS) is 20.1. The lowest BCUT2D eigenvalue weighted by molar-refractivity contribution is 0.532. The van der Waals surface area contributed by atoms with E-state index in [1.54, 1.807) is 12.4 Å². The third-order valence-electron chi connectivity index (χ3n) is 5.56. The SMILES string of the molecule is O=S(=O)(C[C@H]1CC[C@@H](c2nnc3cnc4[nH]ccc4n23)C1)c1ccc(F)cc1F. The molecule has 0 amide bonds. The summed E-state index contributed by atoms with van der Waals surface area (Å²) in [4.78, 5) is 6.91. The Bertz CT molecular complexity index is 1330. The van der Waals surface area contributed by atoms with Crippen LogP contribution in [0.25, 0.3) is 16.8 Å². The van der Waals surface area contributed by atoms with Gasteiger partial charge in [-0.1, -0.05) is 0 Å². The second-order valence-corrected chi connectivity index (χ2v) is 9.46. The molecule has 0 spiro atoms. The van der Waals surface area contributed by atoms with Crippen molar-refractivity contribution in [3.8, 4) is 0 Å². The Kier molecular flexibility index (Phi) is 4.12. The van der Waals surface area contributed by atoms with E-state index >= 15 is 0 Å². The van der Waals surface area contributed by atoms with Crippen molar-refractivity contribution in [2.45, 2.75) is 30.1 Å². The Balaban J connectivity index is 1.41. The highest BCUT2D eigenvalue weighted by Gasteiger charge is 2.33. The summed E-state index contributed by atoms with van der Waals surface area (Å²) in [5.41, 5.74) is 2.23. The summed E-state index contributed by atoms with van der Waals surface area (Å²) >= 11 is 0. The first-order chi connectivity index (χ1) is 13.9. The summed E-state index contributed by atoms with van der Waals surface area (Å²) in [6.45, 7) is 0. The number of nitrogens with one attached hydrogen (secondary N) is 1. The maximum Gasteiger partial charge on any atom is 0.181 e. The van der Waals surface area contributed by atoms with Crippen LogP contribution in [0.15, 0.2) is 41.6 Å². The fourth-order valence-corrected chi connectivity index (χ4v) is 5.99. The Hall–Kier alpha value is -2.88. The number of fused-ring (bicyclic) bond motifs is 3. The molecule has 1 N–H and O–H groups in total. The minimum Gasteiger partial charge on any atom is -0.345 e. The zero-order valence-corrected chi connectivity index (χ0v) is 16.0. The van der Waals surface area contributed by atoms with Crippen LogP contribution < -0.4 is 0 Å². The van der Waals surface area contributed by atoms with Crippen molar-refractivity contribution in [1.29, 1.82) is 0 Å². The fourth-order valence-electron chi connectivity index (χ4n) is 4.25. The van der Waals surface area contributed by atoms with E-state index in [4.69, 9.17) is 0 Å². The van der Waals surface area contributed by atoms with Crippen molar-refractivity contribution < 1.29 is 17.2 Å². The standard InChI is InChI=1S/C19H17F2N5O2S/c20-13-3-4-16(14(21)8-13)29(27,28)10-11-1-2-12(7-11)19-25-24-17-9-23-18-15(26(17)19)5-6-22-18/h3-6,8-9,11-12,22H,1-2,7,10H2/t11-,12+/m0/s1. The van der Waals surface area contributed by atoms with Crippen LogP contribution in [0.3, 0.4) is 0 Å². The van der Waals surface area contributed by atoms with Crippen LogP contribution in [-0.2, 0) is 9.84 Å². The van der Waals surface area contributed by atoms with Crippen molar-refractivity contribution in [2.75, 3.05) is 5.75 Å². The van der Waals surface area contributed by atoms with Crippen LogP contribution in [-0.4, -0.2) is 38.7 Å². The van der Waals surface area contributed by atoms with Crippen molar-refractivity contribution in [2.24, 2.45) is 5.92 Å². The van der Waals surface area contributed by atoms with Crippen molar-refractivity contribution in [3.63, 3.8) is 0 Å². The van der Waals surface area contributed by atoms with Crippen LogP contribution in [0.5, 0.6) is 0 Å². The first-order valence-corrected chi connectivity index (χ1v) is 10.9. The minimum absolute atomic E-state index is 0.0452. The van der Waals surface area contributed by atoms with E-state index in [1.807, 2.05) is 10.5 Å². The van der Waals surface area contributed by atoms with Gasteiger partial charge >= 0.3 is 0 Å². The quantitative estimate of drug-likeness (QED) is 0.515. The average Bonchev–Trinajstić information content (AvgIpc) is 3.38. The molecule has 150 valence electrons. The molecule has 0 saturated heterocycles. The number of rotatable bonds is 4. The number of halogens is 2. The van der Waals surface area contributed by atoms with Crippen molar-refractivity contribution in [1.82, 2.24) is 24.6 Å². The fraction of sp³-hybridized carbons (Fsp3) is 0.316. The van der Waals surface area contributed by atoms with E-state index in [9.17, 15) is 17.2 Å². The Morgan fingerprint density at radius 1 is 1.17 bits per heavy atom. The third kappa shape index (κ3) is 3.07. The number of hydrogen-bond donors (Lipinski definition) is 1. The molecule has 1 aliphatic carbocycles. The molecule has 0 unspecified atom stereocenters. The van der Waals surface area contributed by atoms with Crippen molar-refractivity contribution >= 4 is 26.6 Å². The van der Waals surface area contributed by atoms with Crippen LogP contribution in [0.1, 0.15) is 31.0 Å². The Labute approximate surface area is 164 Å². The van der Waals surface area contributed by atoms with Gasteiger partial charge in [0.05, 0.1) is 17.5 Å². The summed E-state index contributed by atoms with van der Waals surface area (Å²) in [7, 11) is -3.85. The molecule has 10 heteroatoms. The molecule has 1 saturated carbocycles. The molecule has 0 aliphatic heterocycles. The molecule has 5 rings (SSSR count). The van der Waals surface area contributed by atoms with Gasteiger partial charge in [0.1, 0.15) is 22.4 Å². The minimum atomic E-state index is -3.85. The van der Waals surface area contributed by atoms with Crippen LogP contribution in [0.4, 0.5) is 8.78 Å². The summed E-state index contributed by atoms with van der Waals surface area (Å²) in [6.07, 6.45) is 5.49. The summed E-state index contributed by atoms with van der Waals surface area (Å²) in [5.74, 6) is -1.34. The topological polar surface area (TPSA) is 93.0 Å². The monoisotopic (exact) mass is 417 g/mol. The number of aromatic nitrogens is 5. The first-order valence-electron chi connectivity index (χ1n) is 9.27. The van der Waals surface area contributed by atoms with Gasteiger partial charge in [0.2, 0.25) is 0 Å². The second kappa shape index (κ2) is 6.58. The molecule has 3 aromatic heterocycles. The zero-order chi connectivity index (χ0) is 20.2. The average molecular weight is 417 g/mol. The van der Waals surface area contributed by atoms with Gasteiger partial charge in [0.15, 0.2) is 21.1 Å². The summed E-state index contributed by atoms with van der Waals surface area (Å²) in [5, 5.41) is 8.52. The highest BCUT2D eigenvalue weighted by Crippen LogP contribution is 2.39. The van der Waals surface area contributed by atoms with Crippen LogP contribution >= 0.6 is 0 Å². The lowest BCUT2D eigenvalue weighted by Crippen LogP contribution is -2.16. The highest BCUT2D eigenvalue weighted by atomic mass is 32.2. The van der Waals surface area contributed by atoms with E-state index in [1.165, 1.54) is 0 Å². The summed E-state index contributed by atoms with van der Waals surface area (Å²) in [6, 6.07) is 4.46. The maximum atomic E-state index is 14.0. The number of aromatic amines is 1. The molecular formula is C19H17F2N5O2S. The maximum absolute atomic E-state index is 14.0. The van der Waals surface area contributed by atoms with Gasteiger partial charge in [0.25, 0.3) is 0 Å². The summed E-state index contributed by atoms with van der Waals surface area (Å²) < 4.78 is 54.3. The second-order valence-electron chi connectivity index (χ2n) is 7.45. The number of H-pyrrole nitrogens is 1. The third-order valence-corrected chi connectivity index (χ3v) is 7.47. The van der Waals surface area contributed by atoms with Gasteiger partial charge in [-0.05, 0) is 43.4 Å². The van der Waals surface area contributed by atoms with Crippen LogP contribution in [0.2, 0.25) is 0 Å². The van der Waals surface area contributed by atoms with Crippen LogP contribution in [0, 0.1) is 17.6 Å². The highest BCUT2D eigenvalue weighted by molar-refractivity contribution is 7.91. The van der Waals surface area contributed by atoms with Gasteiger partial charge < -0.3 is 4.98 Å². The molecule has 1 aliphatic rings. The molecule has 29 heavy (non-hydrogen) atoms. The van der Waals surface area contributed by atoms with Crippen molar-refractivity contribution in [3.05, 3.63) is 54.1 Å². The molecule has 3 heterocycles. The van der Waals surface area contributed by atoms with Gasteiger partial charge in [-0.2, -0.15) is 0 Å². The van der Waals surface area contributed by atoms with E-state index in [0.29, 0.717) is 24.6 Å². The zero-order valence-electron chi connectivity index (χ0n) is 15.2.